The first-order chi connectivity index (χ1) is 11.6. The molecule has 0 radical (unpaired) electrons. The Labute approximate surface area is 141 Å². The number of ether oxygens (including phenoxy) is 1. The summed E-state index contributed by atoms with van der Waals surface area (Å²) in [5, 5.41) is 13.5. The zero-order chi connectivity index (χ0) is 17.1. The minimum Gasteiger partial charge on any atom is -0.497 e. The van der Waals surface area contributed by atoms with Crippen molar-refractivity contribution < 1.29 is 4.74 Å². The van der Waals surface area contributed by atoms with Crippen LogP contribution in [0.15, 0.2) is 42.7 Å². The highest BCUT2D eigenvalue weighted by atomic mass is 16.5. The van der Waals surface area contributed by atoms with Gasteiger partial charge in [0.05, 0.1) is 25.1 Å². The number of methoxy groups -OCH3 is 1. The quantitative estimate of drug-likeness (QED) is 0.734. The van der Waals surface area contributed by atoms with E-state index in [9.17, 15) is 0 Å². The van der Waals surface area contributed by atoms with Crippen LogP contribution in [0.1, 0.15) is 11.3 Å². The number of benzene rings is 1. The van der Waals surface area contributed by atoms with Crippen LogP contribution in [0.5, 0.6) is 5.75 Å². The second-order valence-electron chi connectivity index (χ2n) is 5.65. The highest BCUT2D eigenvalue weighted by Gasteiger charge is 2.16. The van der Waals surface area contributed by atoms with E-state index in [1.54, 1.807) is 24.2 Å². The summed E-state index contributed by atoms with van der Waals surface area (Å²) >= 11 is 0. The average molecular weight is 318 g/mol. The lowest BCUT2D eigenvalue weighted by Crippen LogP contribution is -2.01. The van der Waals surface area contributed by atoms with Crippen LogP contribution < -0.4 is 4.74 Å². The number of pyridine rings is 1. The van der Waals surface area contributed by atoms with Gasteiger partial charge < -0.3 is 4.74 Å². The Hall–Kier alpha value is -3.13. The van der Waals surface area contributed by atoms with E-state index in [0.29, 0.717) is 0 Å². The molecule has 0 aliphatic rings. The van der Waals surface area contributed by atoms with Crippen molar-refractivity contribution in [2.24, 2.45) is 0 Å². The fourth-order valence-corrected chi connectivity index (χ4v) is 2.80. The van der Waals surface area contributed by atoms with E-state index in [2.05, 4.69) is 22.2 Å². The summed E-state index contributed by atoms with van der Waals surface area (Å²) in [7, 11) is 1.65. The maximum atomic E-state index is 9.12. The molecule has 3 aromatic rings. The van der Waals surface area contributed by atoms with Crippen molar-refractivity contribution in [1.82, 2.24) is 14.8 Å². The summed E-state index contributed by atoms with van der Waals surface area (Å²) in [4.78, 5) is 4.25. The Kier molecular flexibility index (Phi) is 4.30. The summed E-state index contributed by atoms with van der Waals surface area (Å²) < 4.78 is 7.12. The molecule has 0 bridgehead atoms. The van der Waals surface area contributed by atoms with Gasteiger partial charge in [-0.25, -0.2) is 0 Å². The summed E-state index contributed by atoms with van der Waals surface area (Å²) in [6.45, 7) is 4.17. The van der Waals surface area contributed by atoms with Crippen molar-refractivity contribution >= 4 is 0 Å². The predicted octanol–water partition coefficient (Wildman–Crippen LogP) is 3.76. The molecule has 24 heavy (non-hydrogen) atoms. The first kappa shape index (κ1) is 15.8. The molecule has 0 saturated carbocycles. The van der Waals surface area contributed by atoms with Gasteiger partial charge in [0.2, 0.25) is 0 Å². The molecule has 5 nitrogen and oxygen atoms in total. The van der Waals surface area contributed by atoms with Gasteiger partial charge in [-0.05, 0) is 55.3 Å². The topological polar surface area (TPSA) is 63.7 Å². The molecule has 0 saturated heterocycles. The normalized spacial score (nSPS) is 10.4. The lowest BCUT2D eigenvalue weighted by molar-refractivity contribution is 0.414. The third kappa shape index (κ3) is 2.99. The molecule has 2 aromatic heterocycles. The minimum absolute atomic E-state index is 0.190. The SMILES string of the molecule is COc1cc(C)cc(-c2c(-c3ccnc(C)c3)cnn2CC#N)c1. The standard InChI is InChI=1S/C19H18N4O/c1-13-8-16(11-17(9-13)24-3)19-18(12-22-23(19)7-5-20)15-4-6-21-14(2)10-15/h4,6,8-12H,7H2,1-3H3. The van der Waals surface area contributed by atoms with Gasteiger partial charge in [0, 0.05) is 23.0 Å². The molecule has 0 amide bonds. The van der Waals surface area contributed by atoms with E-state index >= 15 is 0 Å². The second-order valence-corrected chi connectivity index (χ2v) is 5.65. The molecule has 3 rings (SSSR count). The highest BCUT2D eigenvalue weighted by molar-refractivity contribution is 5.81. The number of aryl methyl sites for hydroxylation is 2. The van der Waals surface area contributed by atoms with Gasteiger partial charge in [-0.3, -0.25) is 9.67 Å². The van der Waals surface area contributed by atoms with Gasteiger partial charge in [0.1, 0.15) is 12.3 Å². The van der Waals surface area contributed by atoms with Crippen molar-refractivity contribution in [2.45, 2.75) is 20.4 Å². The van der Waals surface area contributed by atoms with Crippen molar-refractivity contribution in [3.05, 3.63) is 54.0 Å². The van der Waals surface area contributed by atoms with Gasteiger partial charge in [-0.15, -0.1) is 0 Å². The Bertz CT molecular complexity index is 921. The fourth-order valence-electron chi connectivity index (χ4n) is 2.80. The molecule has 0 unspecified atom stereocenters. The zero-order valence-electron chi connectivity index (χ0n) is 13.9. The van der Waals surface area contributed by atoms with Crippen LogP contribution in [-0.4, -0.2) is 21.9 Å². The Morgan fingerprint density at radius 2 is 2.00 bits per heavy atom. The van der Waals surface area contributed by atoms with Crippen LogP contribution in [0.3, 0.4) is 0 Å². The molecule has 0 aliphatic carbocycles. The van der Waals surface area contributed by atoms with E-state index in [1.807, 2.05) is 38.1 Å². The van der Waals surface area contributed by atoms with E-state index < -0.39 is 0 Å². The largest absolute Gasteiger partial charge is 0.497 e. The molecule has 1 aromatic carbocycles. The molecule has 0 fully saturated rings. The van der Waals surface area contributed by atoms with Crippen LogP contribution in [-0.2, 0) is 6.54 Å². The number of aromatic nitrogens is 3. The third-order valence-electron chi connectivity index (χ3n) is 3.83. The van der Waals surface area contributed by atoms with E-state index in [1.165, 1.54) is 0 Å². The third-order valence-corrected chi connectivity index (χ3v) is 3.83. The minimum atomic E-state index is 0.190. The van der Waals surface area contributed by atoms with Crippen LogP contribution in [0, 0.1) is 25.2 Å². The molecule has 0 spiro atoms. The van der Waals surface area contributed by atoms with Crippen molar-refractivity contribution in [1.29, 1.82) is 5.26 Å². The smallest absolute Gasteiger partial charge is 0.128 e. The van der Waals surface area contributed by atoms with Gasteiger partial charge in [0.15, 0.2) is 0 Å². The van der Waals surface area contributed by atoms with Crippen LogP contribution in [0.4, 0.5) is 0 Å². The molecule has 120 valence electrons. The Morgan fingerprint density at radius 3 is 2.71 bits per heavy atom. The summed E-state index contributed by atoms with van der Waals surface area (Å²) in [5.41, 5.74) is 5.91. The lowest BCUT2D eigenvalue weighted by atomic mass is 10.00. The molecule has 0 aliphatic heterocycles. The van der Waals surface area contributed by atoms with Crippen LogP contribution in [0.25, 0.3) is 22.4 Å². The first-order valence-corrected chi connectivity index (χ1v) is 7.64. The number of hydrogen-bond acceptors (Lipinski definition) is 4. The number of nitrogens with zero attached hydrogens (tertiary/aromatic N) is 4. The van der Waals surface area contributed by atoms with E-state index in [-0.39, 0.29) is 6.54 Å². The number of rotatable bonds is 4. The average Bonchev–Trinajstić information content (AvgIpc) is 2.98. The maximum Gasteiger partial charge on any atom is 0.128 e. The molecule has 0 atom stereocenters. The number of hydrogen-bond donors (Lipinski definition) is 0. The molecule has 0 N–H and O–H groups in total. The molecular weight excluding hydrogens is 300 g/mol. The molecular formula is C19H18N4O. The van der Waals surface area contributed by atoms with E-state index in [0.717, 1.165) is 39.4 Å². The first-order valence-electron chi connectivity index (χ1n) is 7.64. The second kappa shape index (κ2) is 6.55. The van der Waals surface area contributed by atoms with Gasteiger partial charge >= 0.3 is 0 Å². The van der Waals surface area contributed by atoms with Crippen LogP contribution in [0.2, 0.25) is 0 Å². The van der Waals surface area contributed by atoms with Gasteiger partial charge in [-0.2, -0.15) is 10.4 Å². The highest BCUT2D eigenvalue weighted by Crippen LogP contribution is 2.34. The Morgan fingerprint density at radius 1 is 1.17 bits per heavy atom. The Balaban J connectivity index is 2.24. The zero-order valence-corrected chi connectivity index (χ0v) is 13.9. The van der Waals surface area contributed by atoms with Crippen molar-refractivity contribution in [3.63, 3.8) is 0 Å². The maximum absolute atomic E-state index is 9.12. The monoisotopic (exact) mass is 318 g/mol. The lowest BCUT2D eigenvalue weighted by Gasteiger charge is -2.11. The van der Waals surface area contributed by atoms with Crippen LogP contribution >= 0.6 is 0 Å². The molecule has 5 heteroatoms. The summed E-state index contributed by atoms with van der Waals surface area (Å²) in [6.07, 6.45) is 3.59. The van der Waals surface area contributed by atoms with Crippen molar-refractivity contribution in [2.75, 3.05) is 7.11 Å². The predicted molar refractivity (Wildman–Crippen MR) is 92.5 cm³/mol. The number of nitriles is 1. The van der Waals surface area contributed by atoms with E-state index in [4.69, 9.17) is 10.00 Å². The fraction of sp³-hybridized carbons (Fsp3) is 0.211. The van der Waals surface area contributed by atoms with Gasteiger partial charge in [-0.1, -0.05) is 0 Å². The summed E-state index contributed by atoms with van der Waals surface area (Å²) in [5.74, 6) is 0.784. The molecule has 2 heterocycles. The van der Waals surface area contributed by atoms with Crippen molar-refractivity contribution in [3.8, 4) is 34.2 Å². The van der Waals surface area contributed by atoms with Gasteiger partial charge in [0.25, 0.3) is 0 Å². The summed E-state index contributed by atoms with van der Waals surface area (Å²) in [6, 6.07) is 12.2.